The standard InChI is InChI=1S/C28H32F3N7O2/c1-2-25(39)38-14-13-37(16-20(38)7-10-32)26-21-9-12-36(24-6-4-3-5-22(24)28(29,30)31)17-23(21)34-27(35-26)40-18-19-8-11-33-15-19/h2-6,19-20,33H,1,7-9,11-18H2/t19-,20?/m1/s1. The van der Waals surface area contributed by atoms with E-state index >= 15 is 0 Å². The highest BCUT2D eigenvalue weighted by molar-refractivity contribution is 5.87. The number of para-hydroxylation sites is 1. The van der Waals surface area contributed by atoms with Gasteiger partial charge in [0.2, 0.25) is 5.91 Å². The molecule has 0 saturated carbocycles. The topological polar surface area (TPSA) is 97.6 Å². The number of alkyl halides is 3. The van der Waals surface area contributed by atoms with E-state index in [2.05, 4.69) is 22.9 Å². The molecule has 4 heterocycles. The summed E-state index contributed by atoms with van der Waals surface area (Å²) in [7, 11) is 0. The average Bonchev–Trinajstić information content (AvgIpc) is 3.48. The van der Waals surface area contributed by atoms with E-state index < -0.39 is 11.7 Å². The fourth-order valence-corrected chi connectivity index (χ4v) is 5.69. The number of anilines is 2. The first-order valence-corrected chi connectivity index (χ1v) is 13.5. The molecule has 1 N–H and O–H groups in total. The number of carbonyl (C=O) groups excluding carboxylic acids is 1. The summed E-state index contributed by atoms with van der Waals surface area (Å²) in [5, 5.41) is 12.7. The highest BCUT2D eigenvalue weighted by Gasteiger charge is 2.37. The lowest BCUT2D eigenvalue weighted by Crippen LogP contribution is -2.55. The molecule has 12 heteroatoms. The molecule has 2 aromatic rings. The van der Waals surface area contributed by atoms with Crippen molar-refractivity contribution in [2.24, 2.45) is 5.92 Å². The van der Waals surface area contributed by atoms with Crippen LogP contribution in [0.4, 0.5) is 24.7 Å². The number of nitrogens with one attached hydrogen (secondary N) is 1. The van der Waals surface area contributed by atoms with Crippen molar-refractivity contribution < 1.29 is 22.7 Å². The zero-order valence-electron chi connectivity index (χ0n) is 22.2. The summed E-state index contributed by atoms with van der Waals surface area (Å²) < 4.78 is 47.4. The first-order chi connectivity index (χ1) is 19.3. The zero-order valence-corrected chi connectivity index (χ0v) is 22.2. The van der Waals surface area contributed by atoms with Gasteiger partial charge in [-0.25, -0.2) is 0 Å². The normalized spacial score (nSPS) is 21.1. The van der Waals surface area contributed by atoms with Gasteiger partial charge in [-0.05, 0) is 37.6 Å². The van der Waals surface area contributed by atoms with Gasteiger partial charge in [0.05, 0.1) is 42.9 Å². The molecule has 212 valence electrons. The van der Waals surface area contributed by atoms with Gasteiger partial charge in [-0.1, -0.05) is 18.7 Å². The van der Waals surface area contributed by atoms with Crippen LogP contribution >= 0.6 is 0 Å². The first kappa shape index (κ1) is 27.7. The van der Waals surface area contributed by atoms with Crippen LogP contribution in [0.1, 0.15) is 29.7 Å². The predicted octanol–water partition coefficient (Wildman–Crippen LogP) is 3.16. The third-order valence-electron chi connectivity index (χ3n) is 7.75. The molecular weight excluding hydrogens is 523 g/mol. The van der Waals surface area contributed by atoms with Gasteiger partial charge >= 0.3 is 12.2 Å². The van der Waals surface area contributed by atoms with E-state index in [1.54, 1.807) is 15.9 Å². The minimum Gasteiger partial charge on any atom is -0.463 e. The van der Waals surface area contributed by atoms with E-state index in [9.17, 15) is 23.2 Å². The van der Waals surface area contributed by atoms with E-state index in [1.165, 1.54) is 18.2 Å². The van der Waals surface area contributed by atoms with Crippen LogP contribution in [0.2, 0.25) is 0 Å². The maximum atomic E-state index is 13.8. The summed E-state index contributed by atoms with van der Waals surface area (Å²) in [6.07, 6.45) is -1.64. The van der Waals surface area contributed by atoms with Crippen molar-refractivity contribution in [3.8, 4) is 12.1 Å². The molecule has 0 radical (unpaired) electrons. The van der Waals surface area contributed by atoms with Gasteiger partial charge in [0.1, 0.15) is 5.82 Å². The number of hydrogen-bond acceptors (Lipinski definition) is 8. The molecule has 0 bridgehead atoms. The lowest BCUT2D eigenvalue weighted by molar-refractivity contribution is -0.137. The molecule has 1 aromatic heterocycles. The second-order valence-corrected chi connectivity index (χ2v) is 10.3. The lowest BCUT2D eigenvalue weighted by Gasteiger charge is -2.42. The number of halogens is 3. The number of nitrogens with zero attached hydrogens (tertiary/aromatic N) is 6. The Morgan fingerprint density at radius 1 is 1.23 bits per heavy atom. The van der Waals surface area contributed by atoms with Crippen molar-refractivity contribution in [1.82, 2.24) is 20.2 Å². The Kier molecular flexibility index (Phi) is 8.12. The highest BCUT2D eigenvalue weighted by atomic mass is 19.4. The number of benzene rings is 1. The molecule has 1 amide bonds. The molecule has 0 aliphatic carbocycles. The molecule has 2 saturated heterocycles. The molecule has 5 rings (SSSR count). The summed E-state index contributed by atoms with van der Waals surface area (Å²) in [4.78, 5) is 27.3. The van der Waals surface area contributed by atoms with Crippen LogP contribution in [-0.2, 0) is 23.9 Å². The Bertz CT molecular complexity index is 1290. The molecule has 40 heavy (non-hydrogen) atoms. The quantitative estimate of drug-likeness (QED) is 0.521. The van der Waals surface area contributed by atoms with E-state index in [0.717, 1.165) is 31.1 Å². The third kappa shape index (κ3) is 5.84. The number of nitriles is 1. The second-order valence-electron chi connectivity index (χ2n) is 10.3. The van der Waals surface area contributed by atoms with Gasteiger partial charge in [-0.3, -0.25) is 4.79 Å². The van der Waals surface area contributed by atoms with Crippen molar-refractivity contribution in [2.45, 2.75) is 38.0 Å². The van der Waals surface area contributed by atoms with Gasteiger partial charge in [0.25, 0.3) is 0 Å². The van der Waals surface area contributed by atoms with Gasteiger partial charge < -0.3 is 24.8 Å². The third-order valence-corrected chi connectivity index (χ3v) is 7.75. The average molecular weight is 556 g/mol. The molecule has 1 unspecified atom stereocenters. The van der Waals surface area contributed by atoms with E-state index in [0.29, 0.717) is 56.6 Å². The molecule has 2 atom stereocenters. The lowest BCUT2D eigenvalue weighted by atomic mass is 10.0. The Labute approximate surface area is 231 Å². The Morgan fingerprint density at radius 3 is 2.77 bits per heavy atom. The number of aromatic nitrogens is 2. The van der Waals surface area contributed by atoms with Crippen molar-refractivity contribution in [1.29, 1.82) is 5.26 Å². The van der Waals surface area contributed by atoms with Crippen LogP contribution in [0.5, 0.6) is 6.01 Å². The molecular formula is C28H32F3N7O2. The van der Waals surface area contributed by atoms with Gasteiger partial charge in [-0.2, -0.15) is 28.4 Å². The van der Waals surface area contributed by atoms with Gasteiger partial charge in [-0.15, -0.1) is 0 Å². The van der Waals surface area contributed by atoms with Crippen LogP contribution in [0, 0.1) is 17.2 Å². The van der Waals surface area contributed by atoms with Crippen molar-refractivity contribution in [2.75, 3.05) is 55.7 Å². The zero-order chi connectivity index (χ0) is 28.3. The largest absolute Gasteiger partial charge is 0.463 e. The summed E-state index contributed by atoms with van der Waals surface area (Å²) in [6, 6.07) is 7.60. The van der Waals surface area contributed by atoms with Crippen LogP contribution in [0.15, 0.2) is 36.9 Å². The number of fused-ring (bicyclic) bond motifs is 1. The predicted molar refractivity (Wildman–Crippen MR) is 143 cm³/mol. The van der Waals surface area contributed by atoms with Crippen LogP contribution in [0.3, 0.4) is 0 Å². The number of piperazine rings is 1. The number of carbonyl (C=O) groups is 1. The fraction of sp³-hybridized carbons (Fsp3) is 0.500. The van der Waals surface area contributed by atoms with Gasteiger partial charge in [0.15, 0.2) is 0 Å². The summed E-state index contributed by atoms with van der Waals surface area (Å²) in [5.41, 5.74) is 0.912. The Balaban J connectivity index is 1.47. The molecule has 0 spiro atoms. The molecule has 1 aromatic carbocycles. The van der Waals surface area contributed by atoms with E-state index in [1.807, 2.05) is 4.90 Å². The van der Waals surface area contributed by atoms with E-state index in [4.69, 9.17) is 9.72 Å². The van der Waals surface area contributed by atoms with Crippen molar-refractivity contribution in [3.63, 3.8) is 0 Å². The van der Waals surface area contributed by atoms with Crippen LogP contribution in [-0.4, -0.2) is 72.7 Å². The minimum atomic E-state index is -4.48. The number of hydrogen-bond donors (Lipinski definition) is 1. The van der Waals surface area contributed by atoms with Crippen LogP contribution in [0.25, 0.3) is 0 Å². The molecule has 2 fully saturated rings. The summed E-state index contributed by atoms with van der Waals surface area (Å²) >= 11 is 0. The smallest absolute Gasteiger partial charge is 0.418 e. The minimum absolute atomic E-state index is 0.117. The van der Waals surface area contributed by atoms with E-state index in [-0.39, 0.29) is 36.6 Å². The number of amides is 1. The maximum Gasteiger partial charge on any atom is 0.418 e. The maximum absolute atomic E-state index is 13.8. The van der Waals surface area contributed by atoms with Crippen LogP contribution < -0.4 is 19.9 Å². The highest BCUT2D eigenvalue weighted by Crippen LogP contribution is 2.39. The van der Waals surface area contributed by atoms with Gasteiger partial charge in [0, 0.05) is 49.9 Å². The fourth-order valence-electron chi connectivity index (χ4n) is 5.69. The monoisotopic (exact) mass is 555 g/mol. The SMILES string of the molecule is C=CC(=O)N1CCN(c2nc(OC[C@@H]3CCNC3)nc3c2CCN(c2ccccc2C(F)(F)F)C3)CC1CC#N. The van der Waals surface area contributed by atoms with Crippen molar-refractivity contribution >= 4 is 17.4 Å². The number of rotatable bonds is 7. The first-order valence-electron chi connectivity index (χ1n) is 13.5. The Hall–Kier alpha value is -3.85. The summed E-state index contributed by atoms with van der Waals surface area (Å²) in [6.45, 7) is 7.59. The second kappa shape index (κ2) is 11.7. The molecule has 9 nitrogen and oxygen atoms in total. The summed E-state index contributed by atoms with van der Waals surface area (Å²) in [5.74, 6) is 0.756. The Morgan fingerprint density at radius 2 is 2.05 bits per heavy atom. The van der Waals surface area contributed by atoms with Crippen molar-refractivity contribution in [3.05, 3.63) is 53.7 Å². The molecule has 3 aliphatic rings. The molecule has 3 aliphatic heterocycles. The number of ether oxygens (including phenoxy) is 1.